The number of rotatable bonds is 2. The average Bonchev–Trinajstić information content (AvgIpc) is 3.11. The molecule has 2 N–H and O–H groups in total. The number of alkyl halides is 3. The Kier molecular flexibility index (Phi) is 3.85. The predicted octanol–water partition coefficient (Wildman–Crippen LogP) is 3.18. The van der Waals surface area contributed by atoms with E-state index in [2.05, 4.69) is 14.7 Å². The van der Waals surface area contributed by atoms with Crippen LogP contribution in [0.3, 0.4) is 0 Å². The summed E-state index contributed by atoms with van der Waals surface area (Å²) < 4.78 is 42.4. The van der Waals surface area contributed by atoms with Gasteiger partial charge in [-0.15, -0.1) is 0 Å². The highest BCUT2D eigenvalue weighted by Gasteiger charge is 2.42. The summed E-state index contributed by atoms with van der Waals surface area (Å²) in [6.45, 7) is 1.89. The van der Waals surface area contributed by atoms with Crippen molar-refractivity contribution in [1.29, 1.82) is 0 Å². The van der Waals surface area contributed by atoms with Crippen LogP contribution in [0.5, 0.6) is 0 Å². The van der Waals surface area contributed by atoms with E-state index in [4.69, 9.17) is 0 Å². The molecule has 1 saturated heterocycles. The quantitative estimate of drug-likeness (QED) is 0.861. The van der Waals surface area contributed by atoms with Crippen LogP contribution >= 0.6 is 0 Å². The Balaban J connectivity index is 1.75. The first kappa shape index (κ1) is 17.1. The number of carboxylic acid groups (broad SMARTS) is 1. The Hall–Kier alpha value is -2.78. The summed E-state index contributed by atoms with van der Waals surface area (Å²) in [5.74, 6) is -2.34. The van der Waals surface area contributed by atoms with Crippen molar-refractivity contribution in [2.45, 2.75) is 19.5 Å². The van der Waals surface area contributed by atoms with E-state index in [1.54, 1.807) is 6.92 Å². The summed E-state index contributed by atoms with van der Waals surface area (Å²) in [6, 6.07) is 3.40. The number of carboxylic acids is 1. The number of carbonyl (C=O) groups is 2. The Morgan fingerprint density at radius 2 is 2.12 bits per heavy atom. The first-order chi connectivity index (χ1) is 11.6. The number of hydrogen-bond acceptors (Lipinski definition) is 4. The fourth-order valence-electron chi connectivity index (χ4n) is 2.64. The Bertz CT molecular complexity index is 848. The van der Waals surface area contributed by atoms with Crippen molar-refractivity contribution in [1.82, 2.24) is 9.88 Å². The molecule has 1 aliphatic rings. The molecule has 1 aromatic heterocycles. The molecule has 134 valence electrons. The molecule has 2 aromatic rings. The van der Waals surface area contributed by atoms with E-state index in [1.807, 2.05) is 0 Å². The van der Waals surface area contributed by atoms with E-state index in [1.165, 1.54) is 23.1 Å². The van der Waals surface area contributed by atoms with Gasteiger partial charge in [0.05, 0.1) is 5.41 Å². The number of hydrogen-bond donors (Lipinski definition) is 2. The summed E-state index contributed by atoms with van der Waals surface area (Å²) in [5.41, 5.74) is -0.856. The van der Waals surface area contributed by atoms with Gasteiger partial charge in [0.25, 0.3) is 0 Å². The van der Waals surface area contributed by atoms with Crippen molar-refractivity contribution in [2.24, 2.45) is 5.41 Å². The minimum Gasteiger partial charge on any atom is -0.481 e. The number of aliphatic carboxylic acids is 1. The number of aromatic nitrogens is 1. The number of halogens is 3. The van der Waals surface area contributed by atoms with Gasteiger partial charge in [-0.3, -0.25) is 4.79 Å². The second kappa shape index (κ2) is 5.64. The second-order valence-electron chi connectivity index (χ2n) is 6.17. The van der Waals surface area contributed by atoms with Gasteiger partial charge in [0, 0.05) is 18.8 Å². The van der Waals surface area contributed by atoms with Crippen LogP contribution < -0.4 is 5.32 Å². The number of likely N-dealkylation sites (tertiary alicyclic amines) is 1. The summed E-state index contributed by atoms with van der Waals surface area (Å²) in [5, 5.41) is 11.7. The molecule has 1 fully saturated rings. The van der Waals surface area contributed by atoms with Gasteiger partial charge in [-0.25, -0.2) is 9.78 Å². The first-order valence-corrected chi connectivity index (χ1v) is 7.36. The van der Waals surface area contributed by atoms with Gasteiger partial charge in [-0.1, -0.05) is 0 Å². The van der Waals surface area contributed by atoms with Crippen molar-refractivity contribution in [3.8, 4) is 0 Å². The fourth-order valence-corrected chi connectivity index (χ4v) is 2.64. The highest BCUT2D eigenvalue weighted by Crippen LogP contribution is 2.33. The maximum atomic E-state index is 12.6. The molecule has 1 aromatic carbocycles. The number of nitrogens with one attached hydrogen (secondary N) is 1. The maximum absolute atomic E-state index is 12.6. The van der Waals surface area contributed by atoms with E-state index in [0.717, 1.165) is 0 Å². The van der Waals surface area contributed by atoms with Crippen LogP contribution in [0.15, 0.2) is 22.6 Å². The van der Waals surface area contributed by atoms with Crippen LogP contribution in [0, 0.1) is 5.41 Å². The largest absolute Gasteiger partial charge is 0.481 e. The third kappa shape index (κ3) is 3.24. The van der Waals surface area contributed by atoms with Crippen molar-refractivity contribution < 1.29 is 32.3 Å². The van der Waals surface area contributed by atoms with E-state index in [0.29, 0.717) is 6.42 Å². The third-order valence-corrected chi connectivity index (χ3v) is 4.16. The number of amides is 2. The topological polar surface area (TPSA) is 95.7 Å². The molecule has 0 bridgehead atoms. The zero-order chi connectivity index (χ0) is 18.4. The summed E-state index contributed by atoms with van der Waals surface area (Å²) in [7, 11) is 0. The molecule has 25 heavy (non-hydrogen) atoms. The zero-order valence-corrected chi connectivity index (χ0v) is 13.1. The smallest absolute Gasteiger partial charge is 0.468 e. The van der Waals surface area contributed by atoms with E-state index < -0.39 is 29.5 Å². The van der Waals surface area contributed by atoms with Gasteiger partial charge < -0.3 is 19.7 Å². The lowest BCUT2D eigenvalue weighted by atomic mass is 9.90. The molecule has 0 aliphatic carbocycles. The zero-order valence-electron chi connectivity index (χ0n) is 13.1. The molecule has 2 amide bonds. The monoisotopic (exact) mass is 357 g/mol. The summed E-state index contributed by atoms with van der Waals surface area (Å²) in [4.78, 5) is 28.1. The van der Waals surface area contributed by atoms with E-state index in [-0.39, 0.29) is 29.9 Å². The van der Waals surface area contributed by atoms with Crippen LogP contribution in [-0.4, -0.2) is 40.1 Å². The van der Waals surface area contributed by atoms with Crippen molar-refractivity contribution in [3.63, 3.8) is 0 Å². The number of anilines is 1. The lowest BCUT2D eigenvalue weighted by Crippen LogP contribution is -2.37. The number of carbonyl (C=O) groups excluding carboxylic acids is 1. The van der Waals surface area contributed by atoms with Crippen LogP contribution in [0.1, 0.15) is 19.2 Å². The number of benzene rings is 1. The molecule has 0 spiro atoms. The molecule has 0 radical (unpaired) electrons. The Morgan fingerprint density at radius 1 is 1.40 bits per heavy atom. The molecule has 2 heterocycles. The van der Waals surface area contributed by atoms with Crippen molar-refractivity contribution >= 4 is 28.8 Å². The minimum absolute atomic E-state index is 0.0399. The van der Waals surface area contributed by atoms with Crippen LogP contribution in [0.25, 0.3) is 11.1 Å². The molecule has 10 heteroatoms. The van der Waals surface area contributed by atoms with Gasteiger partial charge in [0.15, 0.2) is 5.58 Å². The second-order valence-corrected chi connectivity index (χ2v) is 6.17. The van der Waals surface area contributed by atoms with Crippen LogP contribution in [0.4, 0.5) is 23.7 Å². The first-order valence-electron chi connectivity index (χ1n) is 7.36. The standard InChI is InChI=1S/C15H14F3N3O4/c1-14(12(22)23)4-5-21(7-14)13(24)19-8-2-3-10-9(6-8)20-11(25-10)15(16,17)18/h2-3,6H,4-5,7H2,1H3,(H,19,24)(H,22,23). The van der Waals surface area contributed by atoms with Crippen LogP contribution in [0.2, 0.25) is 0 Å². The van der Waals surface area contributed by atoms with E-state index in [9.17, 15) is 27.9 Å². The molecule has 1 aliphatic heterocycles. The van der Waals surface area contributed by atoms with Gasteiger partial charge in [-0.2, -0.15) is 13.2 Å². The third-order valence-electron chi connectivity index (χ3n) is 4.16. The highest BCUT2D eigenvalue weighted by atomic mass is 19.4. The minimum atomic E-state index is -4.70. The lowest BCUT2D eigenvalue weighted by Gasteiger charge is -2.20. The van der Waals surface area contributed by atoms with Crippen molar-refractivity contribution in [2.75, 3.05) is 18.4 Å². The lowest BCUT2D eigenvalue weighted by molar-refractivity contribution is -0.156. The highest BCUT2D eigenvalue weighted by molar-refractivity contribution is 5.92. The van der Waals surface area contributed by atoms with Gasteiger partial charge >= 0.3 is 24.1 Å². The summed E-state index contributed by atoms with van der Waals surface area (Å²) >= 11 is 0. The van der Waals surface area contributed by atoms with Gasteiger partial charge in [-0.05, 0) is 31.5 Å². The molecular weight excluding hydrogens is 343 g/mol. The SMILES string of the molecule is CC1(C(=O)O)CCN(C(=O)Nc2ccc3oc(C(F)(F)F)nc3c2)C1. The average molecular weight is 357 g/mol. The molecule has 1 atom stereocenters. The van der Waals surface area contributed by atoms with Crippen LogP contribution in [-0.2, 0) is 11.0 Å². The number of nitrogens with zero attached hydrogens (tertiary/aromatic N) is 2. The van der Waals surface area contributed by atoms with E-state index >= 15 is 0 Å². The fraction of sp³-hybridized carbons (Fsp3) is 0.400. The van der Waals surface area contributed by atoms with Gasteiger partial charge in [0.1, 0.15) is 5.52 Å². The Morgan fingerprint density at radius 3 is 2.72 bits per heavy atom. The number of oxazole rings is 1. The molecular formula is C15H14F3N3O4. The molecule has 3 rings (SSSR count). The predicted molar refractivity (Wildman–Crippen MR) is 80.0 cm³/mol. The normalized spacial score (nSPS) is 20.9. The number of urea groups is 1. The summed E-state index contributed by atoms with van der Waals surface area (Å²) in [6.07, 6.45) is -4.37. The Labute approximate surface area is 139 Å². The molecule has 1 unspecified atom stereocenters. The van der Waals surface area contributed by atoms with Crippen molar-refractivity contribution in [3.05, 3.63) is 24.1 Å². The maximum Gasteiger partial charge on any atom is 0.468 e. The molecule has 0 saturated carbocycles. The molecule has 7 nitrogen and oxygen atoms in total. The van der Waals surface area contributed by atoms with Gasteiger partial charge in [0.2, 0.25) is 0 Å². The number of fused-ring (bicyclic) bond motifs is 1.